The zero-order chi connectivity index (χ0) is 15.9. The van der Waals surface area contributed by atoms with Crippen molar-refractivity contribution in [2.75, 3.05) is 0 Å². The number of rotatable bonds is 5. The summed E-state index contributed by atoms with van der Waals surface area (Å²) < 4.78 is 10.8. The van der Waals surface area contributed by atoms with E-state index in [9.17, 15) is 4.79 Å². The summed E-state index contributed by atoms with van der Waals surface area (Å²) in [6.45, 7) is 3.92. The lowest BCUT2D eigenvalue weighted by Gasteiger charge is -2.10. The van der Waals surface area contributed by atoms with Gasteiger partial charge in [-0.1, -0.05) is 18.2 Å². The third-order valence-electron chi connectivity index (χ3n) is 2.96. The van der Waals surface area contributed by atoms with Crippen LogP contribution in [0, 0.1) is 11.3 Å². The maximum atomic E-state index is 11.7. The third-order valence-corrected chi connectivity index (χ3v) is 2.96. The van der Waals surface area contributed by atoms with Crippen LogP contribution in [0.3, 0.4) is 0 Å². The Kier molecular flexibility index (Phi) is 5.16. The number of carbonyl (C=O) groups excluding carboxylic acids is 1. The Morgan fingerprint density at radius 2 is 1.82 bits per heavy atom. The highest BCUT2D eigenvalue weighted by Gasteiger charge is 2.09. The molecule has 0 radical (unpaired) electrons. The van der Waals surface area contributed by atoms with Gasteiger partial charge >= 0.3 is 5.97 Å². The molecule has 0 aliphatic carbocycles. The minimum absolute atomic E-state index is 0.147. The largest absolute Gasteiger partial charge is 0.489 e. The third kappa shape index (κ3) is 4.10. The molecule has 0 saturated heterocycles. The highest BCUT2D eigenvalue weighted by atomic mass is 16.5. The zero-order valence-electron chi connectivity index (χ0n) is 12.6. The number of benzene rings is 2. The molecule has 112 valence electrons. The molecule has 4 heteroatoms. The summed E-state index contributed by atoms with van der Waals surface area (Å²) in [6.07, 6.45) is -0.147. The normalized spacial score (nSPS) is 10.1. The molecule has 0 N–H and O–H groups in total. The predicted octanol–water partition coefficient (Wildman–Crippen LogP) is 3.70. The molecular formula is C18H17NO3. The average molecular weight is 295 g/mol. The van der Waals surface area contributed by atoms with Gasteiger partial charge < -0.3 is 9.47 Å². The van der Waals surface area contributed by atoms with Crippen LogP contribution in [0.2, 0.25) is 0 Å². The number of nitriles is 1. The molecule has 0 heterocycles. The van der Waals surface area contributed by atoms with Crippen LogP contribution in [0.1, 0.15) is 35.3 Å². The summed E-state index contributed by atoms with van der Waals surface area (Å²) >= 11 is 0. The van der Waals surface area contributed by atoms with Crippen molar-refractivity contribution in [1.29, 1.82) is 5.26 Å². The quantitative estimate of drug-likeness (QED) is 0.789. The monoisotopic (exact) mass is 295 g/mol. The number of hydrogen-bond acceptors (Lipinski definition) is 4. The van der Waals surface area contributed by atoms with Gasteiger partial charge in [-0.3, -0.25) is 0 Å². The first-order chi connectivity index (χ1) is 10.6. The highest BCUT2D eigenvalue weighted by molar-refractivity contribution is 5.89. The summed E-state index contributed by atoms with van der Waals surface area (Å²) in [5.74, 6) is 0.283. The molecule has 0 atom stereocenters. The highest BCUT2D eigenvalue weighted by Crippen LogP contribution is 2.16. The Labute approximate surface area is 129 Å². The van der Waals surface area contributed by atoms with Gasteiger partial charge in [0.05, 0.1) is 23.3 Å². The molecular weight excluding hydrogens is 278 g/mol. The van der Waals surface area contributed by atoms with Crippen LogP contribution in [0.25, 0.3) is 0 Å². The van der Waals surface area contributed by atoms with E-state index in [0.717, 1.165) is 5.56 Å². The van der Waals surface area contributed by atoms with E-state index in [1.54, 1.807) is 30.3 Å². The Bertz CT molecular complexity index is 684. The standard InChI is InChI=1S/C18H17NO3/c1-13(2)22-18(20)14-7-9-17(10-8-14)21-12-16-6-4-3-5-15(16)11-19/h3-10,13H,12H2,1-2H3. The molecule has 2 aromatic rings. The van der Waals surface area contributed by atoms with Crippen molar-refractivity contribution in [3.8, 4) is 11.8 Å². The molecule has 0 spiro atoms. The van der Waals surface area contributed by atoms with Gasteiger partial charge in [-0.25, -0.2) is 4.79 Å². The van der Waals surface area contributed by atoms with E-state index in [1.165, 1.54) is 0 Å². The first-order valence-electron chi connectivity index (χ1n) is 7.02. The fourth-order valence-corrected chi connectivity index (χ4v) is 1.89. The lowest BCUT2D eigenvalue weighted by atomic mass is 10.1. The fraction of sp³-hybridized carbons (Fsp3) is 0.222. The molecule has 0 unspecified atom stereocenters. The van der Waals surface area contributed by atoms with E-state index in [1.807, 2.05) is 32.0 Å². The van der Waals surface area contributed by atoms with Crippen molar-refractivity contribution in [3.05, 3.63) is 65.2 Å². The predicted molar refractivity (Wildman–Crippen MR) is 82.5 cm³/mol. The van der Waals surface area contributed by atoms with E-state index in [-0.39, 0.29) is 12.1 Å². The van der Waals surface area contributed by atoms with Crippen molar-refractivity contribution < 1.29 is 14.3 Å². The topological polar surface area (TPSA) is 59.3 Å². The van der Waals surface area contributed by atoms with Gasteiger partial charge in [0.1, 0.15) is 12.4 Å². The summed E-state index contributed by atoms with van der Waals surface area (Å²) in [4.78, 5) is 11.7. The summed E-state index contributed by atoms with van der Waals surface area (Å²) in [5, 5.41) is 9.03. The van der Waals surface area contributed by atoms with Crippen LogP contribution in [-0.2, 0) is 11.3 Å². The van der Waals surface area contributed by atoms with E-state index < -0.39 is 0 Å². The van der Waals surface area contributed by atoms with Crippen LogP contribution in [-0.4, -0.2) is 12.1 Å². The Morgan fingerprint density at radius 3 is 2.45 bits per heavy atom. The average Bonchev–Trinajstić information content (AvgIpc) is 2.53. The second-order valence-electron chi connectivity index (χ2n) is 5.04. The van der Waals surface area contributed by atoms with Gasteiger partial charge in [0.15, 0.2) is 0 Å². The number of nitrogens with zero attached hydrogens (tertiary/aromatic N) is 1. The Balaban J connectivity index is 2.00. The van der Waals surface area contributed by atoms with Crippen molar-refractivity contribution in [2.24, 2.45) is 0 Å². The molecule has 0 aromatic heterocycles. The second-order valence-corrected chi connectivity index (χ2v) is 5.04. The van der Waals surface area contributed by atoms with E-state index >= 15 is 0 Å². The van der Waals surface area contributed by atoms with Crippen molar-refractivity contribution in [2.45, 2.75) is 26.6 Å². The number of esters is 1. The molecule has 0 aliphatic heterocycles. The van der Waals surface area contributed by atoms with Crippen LogP contribution in [0.5, 0.6) is 5.75 Å². The van der Waals surface area contributed by atoms with Crippen LogP contribution in [0.4, 0.5) is 0 Å². The molecule has 0 aliphatic rings. The van der Waals surface area contributed by atoms with Crippen molar-refractivity contribution in [3.63, 3.8) is 0 Å². The van der Waals surface area contributed by atoms with Gasteiger partial charge in [-0.05, 0) is 44.2 Å². The maximum Gasteiger partial charge on any atom is 0.338 e. The minimum atomic E-state index is -0.351. The van der Waals surface area contributed by atoms with Crippen molar-refractivity contribution in [1.82, 2.24) is 0 Å². The lowest BCUT2D eigenvalue weighted by Crippen LogP contribution is -2.11. The maximum absolute atomic E-state index is 11.7. The first kappa shape index (κ1) is 15.6. The summed E-state index contributed by atoms with van der Waals surface area (Å²) in [5.41, 5.74) is 1.91. The molecule has 0 fully saturated rings. The first-order valence-corrected chi connectivity index (χ1v) is 7.02. The smallest absolute Gasteiger partial charge is 0.338 e. The van der Waals surface area contributed by atoms with Gasteiger partial charge in [0.25, 0.3) is 0 Å². The SMILES string of the molecule is CC(C)OC(=O)c1ccc(OCc2ccccc2C#N)cc1. The molecule has 2 aromatic carbocycles. The van der Waals surface area contributed by atoms with Crippen LogP contribution in [0.15, 0.2) is 48.5 Å². The van der Waals surface area contributed by atoms with E-state index in [2.05, 4.69) is 6.07 Å². The van der Waals surface area contributed by atoms with Gasteiger partial charge in [0, 0.05) is 5.56 Å². The molecule has 4 nitrogen and oxygen atoms in total. The zero-order valence-corrected chi connectivity index (χ0v) is 12.6. The molecule has 0 bridgehead atoms. The van der Waals surface area contributed by atoms with Gasteiger partial charge in [0.2, 0.25) is 0 Å². The van der Waals surface area contributed by atoms with Gasteiger partial charge in [-0.15, -0.1) is 0 Å². The second kappa shape index (κ2) is 7.28. The van der Waals surface area contributed by atoms with E-state index in [0.29, 0.717) is 23.5 Å². The molecule has 0 saturated carbocycles. The Morgan fingerprint density at radius 1 is 1.14 bits per heavy atom. The molecule has 0 amide bonds. The summed E-state index contributed by atoms with van der Waals surface area (Å²) in [7, 11) is 0. The number of carbonyl (C=O) groups is 1. The molecule has 22 heavy (non-hydrogen) atoms. The Hall–Kier alpha value is -2.80. The van der Waals surface area contributed by atoms with Crippen LogP contribution < -0.4 is 4.74 Å². The van der Waals surface area contributed by atoms with Crippen LogP contribution >= 0.6 is 0 Å². The fourth-order valence-electron chi connectivity index (χ4n) is 1.89. The minimum Gasteiger partial charge on any atom is -0.489 e. The lowest BCUT2D eigenvalue weighted by molar-refractivity contribution is 0.0378. The number of ether oxygens (including phenoxy) is 2. The van der Waals surface area contributed by atoms with E-state index in [4.69, 9.17) is 14.7 Å². The van der Waals surface area contributed by atoms with Crippen molar-refractivity contribution >= 4 is 5.97 Å². The molecule has 2 rings (SSSR count). The van der Waals surface area contributed by atoms with Gasteiger partial charge in [-0.2, -0.15) is 5.26 Å². The number of hydrogen-bond donors (Lipinski definition) is 0. The summed E-state index contributed by atoms with van der Waals surface area (Å²) in [6, 6.07) is 16.2.